The van der Waals surface area contributed by atoms with Gasteiger partial charge in [0, 0.05) is 44.4 Å². The lowest BCUT2D eigenvalue weighted by atomic mass is 9.71. The summed E-state index contributed by atoms with van der Waals surface area (Å²) in [5.74, 6) is -0.198. The van der Waals surface area contributed by atoms with E-state index >= 15 is 0 Å². The number of carbonyl (C=O) groups is 1. The normalized spacial score (nSPS) is 20.6. The number of likely N-dealkylation sites (tertiary alicyclic amines) is 1. The highest BCUT2D eigenvalue weighted by molar-refractivity contribution is 5.92. The molecule has 1 unspecified atom stereocenters. The van der Waals surface area contributed by atoms with Gasteiger partial charge in [-0.1, -0.05) is 0 Å². The fraction of sp³-hybridized carbons (Fsp3) is 0.500. The van der Waals surface area contributed by atoms with Gasteiger partial charge in [-0.15, -0.1) is 0 Å². The van der Waals surface area contributed by atoms with Crippen LogP contribution in [0.1, 0.15) is 40.2 Å². The Kier molecular flexibility index (Phi) is 5.63. The monoisotopic (exact) mass is 448 g/mol. The van der Waals surface area contributed by atoms with E-state index in [1.807, 2.05) is 4.90 Å². The van der Waals surface area contributed by atoms with E-state index in [4.69, 9.17) is 9.68 Å². The average molecular weight is 448 g/mol. The Labute approximate surface area is 183 Å². The third-order valence-corrected chi connectivity index (χ3v) is 6.81. The molecule has 2 saturated heterocycles. The number of amides is 1. The maximum Gasteiger partial charge on any atom is 0.417 e. The van der Waals surface area contributed by atoms with Gasteiger partial charge in [-0.25, -0.2) is 4.98 Å². The molecule has 2 aromatic rings. The number of oxazole rings is 1. The number of nitrogens with zero attached hydrogens (tertiary/aromatic N) is 4. The van der Waals surface area contributed by atoms with Crippen molar-refractivity contribution >= 4 is 11.6 Å². The summed E-state index contributed by atoms with van der Waals surface area (Å²) >= 11 is 0. The van der Waals surface area contributed by atoms with Crippen molar-refractivity contribution in [3.63, 3.8) is 0 Å². The third kappa shape index (κ3) is 3.81. The molecular formula is C22H23F3N4O3. The van der Waals surface area contributed by atoms with Gasteiger partial charge in [0.1, 0.15) is 0 Å². The van der Waals surface area contributed by atoms with Crippen molar-refractivity contribution in [2.24, 2.45) is 11.3 Å². The zero-order chi connectivity index (χ0) is 23.1. The number of aliphatic hydroxyl groups is 1. The van der Waals surface area contributed by atoms with Crippen LogP contribution in [0.2, 0.25) is 0 Å². The quantitative estimate of drug-likeness (QED) is 0.775. The number of benzene rings is 1. The van der Waals surface area contributed by atoms with Crippen LogP contribution in [0.4, 0.5) is 18.9 Å². The number of piperidine rings is 1. The van der Waals surface area contributed by atoms with Gasteiger partial charge in [0.25, 0.3) is 5.91 Å². The van der Waals surface area contributed by atoms with Crippen LogP contribution < -0.4 is 4.90 Å². The molecule has 1 N–H and O–H groups in total. The van der Waals surface area contributed by atoms with Crippen LogP contribution in [0.3, 0.4) is 0 Å². The lowest BCUT2D eigenvalue weighted by Gasteiger charge is -2.43. The van der Waals surface area contributed by atoms with Crippen molar-refractivity contribution in [1.29, 1.82) is 5.26 Å². The predicted molar refractivity (Wildman–Crippen MR) is 108 cm³/mol. The number of rotatable bonds is 3. The van der Waals surface area contributed by atoms with Gasteiger partial charge in [-0.05, 0) is 43.4 Å². The molecule has 1 spiro atoms. The van der Waals surface area contributed by atoms with Crippen LogP contribution in [-0.4, -0.2) is 53.7 Å². The number of aliphatic hydroxyl groups excluding tert-OH is 1. The Hall–Kier alpha value is -3.06. The van der Waals surface area contributed by atoms with Gasteiger partial charge in [-0.3, -0.25) is 4.79 Å². The summed E-state index contributed by atoms with van der Waals surface area (Å²) in [4.78, 5) is 20.4. The first-order chi connectivity index (χ1) is 15.2. The van der Waals surface area contributed by atoms with Crippen molar-refractivity contribution in [3.8, 4) is 6.07 Å². The number of anilines is 1. The van der Waals surface area contributed by atoms with Crippen molar-refractivity contribution < 1.29 is 27.5 Å². The Morgan fingerprint density at radius 1 is 1.38 bits per heavy atom. The second-order valence-corrected chi connectivity index (χ2v) is 8.52. The van der Waals surface area contributed by atoms with Crippen LogP contribution in [0.15, 0.2) is 29.0 Å². The first-order valence-corrected chi connectivity index (χ1v) is 10.3. The van der Waals surface area contributed by atoms with Crippen molar-refractivity contribution in [1.82, 2.24) is 9.88 Å². The number of aromatic nitrogens is 1. The SMILES string of the molecule is Cc1ncoc1C(=O)N1CC(CO)C2(CCN(c3ccc(C#N)c(C(F)(F)F)c3)CC2)C1. The summed E-state index contributed by atoms with van der Waals surface area (Å²) in [6.45, 7) is 3.44. The second-order valence-electron chi connectivity index (χ2n) is 8.52. The molecule has 1 atom stereocenters. The minimum absolute atomic E-state index is 0.0751. The molecule has 2 aliphatic rings. The van der Waals surface area contributed by atoms with Crippen LogP contribution >= 0.6 is 0 Å². The maximum atomic E-state index is 13.3. The van der Waals surface area contributed by atoms with E-state index in [0.29, 0.717) is 50.4 Å². The second kappa shape index (κ2) is 8.13. The molecule has 32 heavy (non-hydrogen) atoms. The number of hydrogen-bond donors (Lipinski definition) is 1. The van der Waals surface area contributed by atoms with Gasteiger partial charge in [0.05, 0.1) is 22.9 Å². The Bertz CT molecular complexity index is 1050. The van der Waals surface area contributed by atoms with Crippen molar-refractivity contribution in [2.75, 3.05) is 37.7 Å². The fourth-order valence-electron chi connectivity index (χ4n) is 4.93. The number of aryl methyl sites for hydroxylation is 1. The van der Waals surface area contributed by atoms with Crippen LogP contribution in [0.5, 0.6) is 0 Å². The number of hydrogen-bond acceptors (Lipinski definition) is 6. The molecule has 0 aliphatic carbocycles. The lowest BCUT2D eigenvalue weighted by molar-refractivity contribution is -0.137. The minimum atomic E-state index is -4.61. The fourth-order valence-corrected chi connectivity index (χ4v) is 4.93. The van der Waals surface area contributed by atoms with Crippen molar-refractivity contribution in [2.45, 2.75) is 25.9 Å². The summed E-state index contributed by atoms with van der Waals surface area (Å²) in [6.07, 6.45) is -2.13. The van der Waals surface area contributed by atoms with E-state index in [1.165, 1.54) is 18.5 Å². The molecule has 0 bridgehead atoms. The first kappa shape index (κ1) is 22.1. The van der Waals surface area contributed by atoms with Gasteiger partial charge < -0.3 is 19.3 Å². The molecule has 1 aromatic heterocycles. The summed E-state index contributed by atoms with van der Waals surface area (Å²) in [7, 11) is 0. The van der Waals surface area contributed by atoms with Gasteiger partial charge in [0.2, 0.25) is 5.76 Å². The number of halogens is 3. The molecule has 4 rings (SSSR count). The highest BCUT2D eigenvalue weighted by Gasteiger charge is 2.49. The summed E-state index contributed by atoms with van der Waals surface area (Å²) in [5, 5.41) is 19.0. The molecule has 170 valence electrons. The largest absolute Gasteiger partial charge is 0.438 e. The highest BCUT2D eigenvalue weighted by atomic mass is 19.4. The minimum Gasteiger partial charge on any atom is -0.438 e. The molecule has 1 aromatic carbocycles. The number of alkyl halides is 3. The van der Waals surface area contributed by atoms with Gasteiger partial charge >= 0.3 is 6.18 Å². The van der Waals surface area contributed by atoms with Gasteiger partial charge in [-0.2, -0.15) is 18.4 Å². The molecule has 1 amide bonds. The standard InChI is InChI=1S/C22H23F3N4O3/c1-14-19(32-13-27-14)20(31)29-10-16(11-30)21(12-29)4-6-28(7-5-21)17-3-2-15(9-26)18(8-17)22(23,24)25/h2-3,8,13,16,30H,4-7,10-12H2,1H3. The number of nitriles is 1. The predicted octanol–water partition coefficient (Wildman–Crippen LogP) is 3.22. The van der Waals surface area contributed by atoms with Crippen molar-refractivity contribution in [3.05, 3.63) is 47.2 Å². The van der Waals surface area contributed by atoms with E-state index in [-0.39, 0.29) is 29.6 Å². The topological polar surface area (TPSA) is 93.6 Å². The highest BCUT2D eigenvalue weighted by Crippen LogP contribution is 2.46. The van der Waals surface area contributed by atoms with E-state index in [1.54, 1.807) is 17.9 Å². The average Bonchev–Trinajstić information content (AvgIpc) is 3.36. The molecular weight excluding hydrogens is 425 g/mol. The Morgan fingerprint density at radius 2 is 2.09 bits per heavy atom. The third-order valence-electron chi connectivity index (χ3n) is 6.81. The Morgan fingerprint density at radius 3 is 2.66 bits per heavy atom. The molecule has 7 nitrogen and oxygen atoms in total. The van der Waals surface area contributed by atoms with E-state index in [2.05, 4.69) is 4.98 Å². The maximum absolute atomic E-state index is 13.3. The molecule has 0 saturated carbocycles. The molecule has 0 radical (unpaired) electrons. The van der Waals surface area contributed by atoms with E-state index in [9.17, 15) is 23.1 Å². The molecule has 2 aliphatic heterocycles. The summed E-state index contributed by atoms with van der Waals surface area (Å²) in [5.41, 5.74) is -0.731. The smallest absolute Gasteiger partial charge is 0.417 e. The van der Waals surface area contributed by atoms with Crippen LogP contribution in [-0.2, 0) is 6.18 Å². The zero-order valence-electron chi connectivity index (χ0n) is 17.5. The molecule has 3 heterocycles. The summed E-state index contributed by atoms with van der Waals surface area (Å²) in [6, 6.07) is 5.36. The molecule has 10 heteroatoms. The van der Waals surface area contributed by atoms with E-state index in [0.717, 1.165) is 6.07 Å². The Balaban J connectivity index is 1.51. The lowest BCUT2D eigenvalue weighted by Crippen LogP contribution is -2.45. The number of carbonyl (C=O) groups excluding carboxylic acids is 1. The van der Waals surface area contributed by atoms with Crippen LogP contribution in [0, 0.1) is 29.6 Å². The zero-order valence-corrected chi connectivity index (χ0v) is 17.5. The van der Waals surface area contributed by atoms with Crippen LogP contribution in [0.25, 0.3) is 0 Å². The van der Waals surface area contributed by atoms with E-state index < -0.39 is 17.3 Å². The molecule has 2 fully saturated rings. The van der Waals surface area contributed by atoms with Gasteiger partial charge in [0.15, 0.2) is 6.39 Å². The first-order valence-electron chi connectivity index (χ1n) is 10.3. The summed E-state index contributed by atoms with van der Waals surface area (Å²) < 4.78 is 45.2.